The second-order valence-corrected chi connectivity index (χ2v) is 7.78. The number of nitrogens with one attached hydrogen (secondary N) is 3. The minimum absolute atomic E-state index is 0.0573. The van der Waals surface area contributed by atoms with Gasteiger partial charge in [-0.15, -0.1) is 0 Å². The van der Waals surface area contributed by atoms with E-state index in [9.17, 15) is 29.1 Å². The molecule has 0 saturated heterocycles. The summed E-state index contributed by atoms with van der Waals surface area (Å²) >= 11 is 0. The highest BCUT2D eigenvalue weighted by Crippen LogP contribution is 2.09. The van der Waals surface area contributed by atoms with Crippen LogP contribution in [0.1, 0.15) is 40.0 Å². The Morgan fingerprint density at radius 2 is 1.52 bits per heavy atom. The summed E-state index contributed by atoms with van der Waals surface area (Å²) in [6, 6.07) is -4.26. The first kappa shape index (κ1) is 28.2. The van der Waals surface area contributed by atoms with Crippen molar-refractivity contribution >= 4 is 29.6 Å². The van der Waals surface area contributed by atoms with Crippen LogP contribution in [0.15, 0.2) is 0 Å². The van der Waals surface area contributed by atoms with Gasteiger partial charge >= 0.3 is 5.97 Å². The number of hydrogen-bond donors (Lipinski definition) is 8. The zero-order valence-electron chi connectivity index (χ0n) is 18.0. The highest BCUT2D eigenvalue weighted by atomic mass is 16.4. The smallest absolute Gasteiger partial charge is 0.305 e. The molecule has 0 saturated carbocycles. The van der Waals surface area contributed by atoms with Crippen LogP contribution >= 0.6 is 0 Å². The van der Waals surface area contributed by atoms with Crippen molar-refractivity contribution in [3.8, 4) is 0 Å². The van der Waals surface area contributed by atoms with Gasteiger partial charge in [-0.1, -0.05) is 13.8 Å². The van der Waals surface area contributed by atoms with Crippen LogP contribution in [0.2, 0.25) is 0 Å². The number of nitrogens with two attached hydrogens (primary N) is 3. The van der Waals surface area contributed by atoms with Crippen molar-refractivity contribution in [1.82, 2.24) is 16.0 Å². The molecule has 0 fully saturated rings. The minimum Gasteiger partial charge on any atom is -0.481 e. The Balaban J connectivity index is 5.16. The van der Waals surface area contributed by atoms with Crippen molar-refractivity contribution in [2.24, 2.45) is 23.1 Å². The quantitative estimate of drug-likeness (QED) is 0.124. The molecule has 4 amide bonds. The number of amides is 4. The first-order valence-corrected chi connectivity index (χ1v) is 9.81. The number of carbonyl (C=O) groups is 5. The van der Waals surface area contributed by atoms with E-state index >= 15 is 0 Å². The fraction of sp³-hybridized carbons (Fsp3) is 0.722. The van der Waals surface area contributed by atoms with Gasteiger partial charge in [0.1, 0.15) is 6.04 Å². The van der Waals surface area contributed by atoms with Gasteiger partial charge in [-0.25, -0.2) is 0 Å². The van der Waals surface area contributed by atoms with Crippen molar-refractivity contribution in [3.05, 3.63) is 0 Å². The highest BCUT2D eigenvalue weighted by molar-refractivity contribution is 5.90. The largest absolute Gasteiger partial charge is 0.481 e. The van der Waals surface area contributed by atoms with Gasteiger partial charge in [-0.3, -0.25) is 24.0 Å². The highest BCUT2D eigenvalue weighted by Gasteiger charge is 2.29. The number of aliphatic hydroxyl groups excluding tert-OH is 1. The Morgan fingerprint density at radius 1 is 0.935 bits per heavy atom. The van der Waals surface area contributed by atoms with Gasteiger partial charge in [-0.05, 0) is 19.3 Å². The Bertz CT molecular complexity index is 657. The molecule has 11 N–H and O–H groups in total. The average Bonchev–Trinajstić information content (AvgIpc) is 2.62. The molecule has 31 heavy (non-hydrogen) atoms. The van der Waals surface area contributed by atoms with Gasteiger partial charge in [0.05, 0.1) is 37.1 Å². The van der Waals surface area contributed by atoms with Gasteiger partial charge in [0.15, 0.2) is 0 Å². The number of carboxylic acid groups (broad SMARTS) is 1. The third-order valence-electron chi connectivity index (χ3n) is 4.33. The first-order valence-electron chi connectivity index (χ1n) is 9.81. The fourth-order valence-corrected chi connectivity index (χ4v) is 2.64. The molecule has 0 aliphatic carbocycles. The summed E-state index contributed by atoms with van der Waals surface area (Å²) in [5, 5.41) is 27.1. The van der Waals surface area contributed by atoms with Crippen LogP contribution < -0.4 is 33.2 Å². The summed E-state index contributed by atoms with van der Waals surface area (Å²) in [6.45, 7) is 4.80. The number of rotatable bonds is 15. The van der Waals surface area contributed by atoms with Crippen LogP contribution in [-0.4, -0.2) is 76.6 Å². The molecule has 13 nitrogen and oxygen atoms in total. The lowest BCUT2D eigenvalue weighted by molar-refractivity contribution is -0.140. The molecule has 0 radical (unpaired) electrons. The van der Waals surface area contributed by atoms with E-state index in [0.29, 0.717) is 6.42 Å². The number of aliphatic carboxylic acids is 1. The van der Waals surface area contributed by atoms with Crippen LogP contribution in [-0.2, 0) is 24.0 Å². The fourth-order valence-electron chi connectivity index (χ4n) is 2.64. The van der Waals surface area contributed by atoms with Gasteiger partial charge < -0.3 is 43.4 Å². The number of primary amides is 2. The van der Waals surface area contributed by atoms with Gasteiger partial charge in [0.25, 0.3) is 0 Å². The van der Waals surface area contributed by atoms with Crippen LogP contribution in [0.25, 0.3) is 0 Å². The van der Waals surface area contributed by atoms with Gasteiger partial charge in [-0.2, -0.15) is 0 Å². The molecule has 0 aliphatic heterocycles. The Hall–Kier alpha value is -2.77. The number of hydrogen-bond acceptors (Lipinski definition) is 8. The molecule has 0 rings (SSSR count). The summed E-state index contributed by atoms with van der Waals surface area (Å²) in [5.74, 6) is -4.24. The summed E-state index contributed by atoms with van der Waals surface area (Å²) < 4.78 is 0. The maximum Gasteiger partial charge on any atom is 0.305 e. The molecule has 0 unspecified atom stereocenters. The summed E-state index contributed by atoms with van der Waals surface area (Å²) in [5.41, 5.74) is 15.7. The predicted octanol–water partition coefficient (Wildman–Crippen LogP) is -3.50. The molecular formula is C18H34N6O7. The van der Waals surface area contributed by atoms with E-state index in [1.807, 2.05) is 13.8 Å². The second-order valence-electron chi connectivity index (χ2n) is 7.78. The monoisotopic (exact) mass is 446 g/mol. The maximum absolute atomic E-state index is 12.3. The Morgan fingerprint density at radius 3 is 1.97 bits per heavy atom. The topological polar surface area (TPSA) is 240 Å². The summed E-state index contributed by atoms with van der Waals surface area (Å²) in [4.78, 5) is 57.6. The minimum atomic E-state index is -1.28. The normalized spacial score (nSPS) is 15.9. The zero-order chi connectivity index (χ0) is 24.3. The lowest BCUT2D eigenvalue weighted by Gasteiger charge is -2.28. The Labute approximate surface area is 180 Å². The Kier molecular flexibility index (Phi) is 12.3. The predicted molar refractivity (Wildman–Crippen MR) is 110 cm³/mol. The average molecular weight is 447 g/mol. The van der Waals surface area contributed by atoms with Crippen molar-refractivity contribution in [1.29, 1.82) is 0 Å². The molecule has 0 heterocycles. The van der Waals surface area contributed by atoms with E-state index in [1.165, 1.54) is 6.92 Å². The molecule has 0 aromatic carbocycles. The molecular weight excluding hydrogens is 412 g/mol. The molecule has 178 valence electrons. The second kappa shape index (κ2) is 13.5. The molecule has 0 aromatic rings. The zero-order valence-corrected chi connectivity index (χ0v) is 18.0. The molecule has 0 bridgehead atoms. The third-order valence-corrected chi connectivity index (χ3v) is 4.33. The van der Waals surface area contributed by atoms with E-state index in [4.69, 9.17) is 22.3 Å². The maximum atomic E-state index is 12.3. The third kappa shape index (κ3) is 11.9. The van der Waals surface area contributed by atoms with Crippen LogP contribution in [0.5, 0.6) is 0 Å². The van der Waals surface area contributed by atoms with Crippen molar-refractivity contribution < 1.29 is 34.2 Å². The van der Waals surface area contributed by atoms with Gasteiger partial charge in [0.2, 0.25) is 23.6 Å². The first-order chi connectivity index (χ1) is 14.2. The SMILES string of the molecule is CC(C)C[C@H](NC(=O)[C@@H](N)CC(N)=O)[C@@H](O)CN[C@@H](CC(=O)O)C(=O)N[C@@H](C)C(N)=O. The van der Waals surface area contributed by atoms with E-state index < -0.39 is 66.3 Å². The molecule has 5 atom stereocenters. The lowest BCUT2D eigenvalue weighted by atomic mass is 9.98. The van der Waals surface area contributed by atoms with E-state index in [0.717, 1.165) is 0 Å². The molecule has 0 aliphatic rings. The van der Waals surface area contributed by atoms with Crippen molar-refractivity contribution in [2.45, 2.75) is 70.3 Å². The molecule has 0 aromatic heterocycles. The number of carboxylic acids is 1. The molecule has 13 heteroatoms. The standard InChI is InChI=1S/C18H34N6O7/c1-8(2)4-11(24-17(30)10(19)5-14(20)26)13(25)7-22-12(6-15(27)28)18(31)23-9(3)16(21)29/h8-13,22,25H,4-7,19H2,1-3H3,(H2,20,26)(H2,21,29)(H,23,31)(H,24,30)(H,27,28)/t9-,10-,11-,12-,13-/m0/s1. The summed E-state index contributed by atoms with van der Waals surface area (Å²) in [7, 11) is 0. The van der Waals surface area contributed by atoms with E-state index in [-0.39, 0.29) is 18.9 Å². The van der Waals surface area contributed by atoms with Gasteiger partial charge in [0, 0.05) is 6.54 Å². The van der Waals surface area contributed by atoms with Crippen LogP contribution in [0.3, 0.4) is 0 Å². The molecule has 0 spiro atoms. The van der Waals surface area contributed by atoms with Crippen LogP contribution in [0.4, 0.5) is 0 Å². The lowest BCUT2D eigenvalue weighted by Crippen LogP contribution is -2.56. The van der Waals surface area contributed by atoms with Crippen LogP contribution in [0, 0.1) is 5.92 Å². The van der Waals surface area contributed by atoms with E-state index in [2.05, 4.69) is 16.0 Å². The van der Waals surface area contributed by atoms with E-state index in [1.54, 1.807) is 0 Å². The number of aliphatic hydroxyl groups is 1. The number of carbonyl (C=O) groups excluding carboxylic acids is 4. The van der Waals surface area contributed by atoms with Crippen molar-refractivity contribution in [3.63, 3.8) is 0 Å². The summed E-state index contributed by atoms with van der Waals surface area (Å²) in [6.07, 6.45) is -1.86. The van der Waals surface area contributed by atoms with Crippen molar-refractivity contribution in [2.75, 3.05) is 6.54 Å².